The Morgan fingerprint density at radius 3 is 2.87 bits per heavy atom. The Balaban J connectivity index is 1.50. The van der Waals surface area contributed by atoms with Gasteiger partial charge in [0.15, 0.2) is 10.9 Å². The summed E-state index contributed by atoms with van der Waals surface area (Å²) in [6.45, 7) is 5.78. The molecule has 3 heterocycles. The van der Waals surface area contributed by atoms with Crippen LogP contribution in [-0.4, -0.2) is 41.9 Å². The predicted octanol–water partition coefficient (Wildman–Crippen LogP) is 3.50. The average Bonchev–Trinajstić information content (AvgIpc) is 3.29. The number of anilines is 1. The minimum absolute atomic E-state index is 0.0986. The molecule has 0 saturated carbocycles. The Bertz CT molecular complexity index is 1180. The lowest BCUT2D eigenvalue weighted by molar-refractivity contribution is -0.120. The van der Waals surface area contributed by atoms with Gasteiger partial charge >= 0.3 is 0 Å². The number of rotatable bonds is 5. The van der Waals surface area contributed by atoms with Crippen molar-refractivity contribution in [1.29, 1.82) is 0 Å². The van der Waals surface area contributed by atoms with Gasteiger partial charge in [0.1, 0.15) is 10.6 Å². The first kappa shape index (κ1) is 21.0. The van der Waals surface area contributed by atoms with E-state index in [1.165, 1.54) is 21.2 Å². The molecule has 1 saturated heterocycles. The van der Waals surface area contributed by atoms with Gasteiger partial charge in [0.2, 0.25) is 15.9 Å². The van der Waals surface area contributed by atoms with Crippen molar-refractivity contribution in [3.8, 4) is 0 Å². The van der Waals surface area contributed by atoms with E-state index in [0.29, 0.717) is 30.2 Å². The van der Waals surface area contributed by atoms with Crippen molar-refractivity contribution >= 4 is 42.6 Å². The van der Waals surface area contributed by atoms with Crippen molar-refractivity contribution in [2.75, 3.05) is 18.4 Å². The van der Waals surface area contributed by atoms with Crippen LogP contribution in [0.5, 0.6) is 0 Å². The van der Waals surface area contributed by atoms with Crippen molar-refractivity contribution in [3.05, 3.63) is 35.2 Å². The van der Waals surface area contributed by atoms with Crippen molar-refractivity contribution in [2.45, 2.75) is 44.9 Å². The highest BCUT2D eigenvalue weighted by atomic mass is 32.2. The predicted molar refractivity (Wildman–Crippen MR) is 115 cm³/mol. The number of hydrogen-bond donors (Lipinski definition) is 1. The Labute approximate surface area is 179 Å². The molecule has 2 aromatic heterocycles. The van der Waals surface area contributed by atoms with Gasteiger partial charge in [-0.2, -0.15) is 4.31 Å². The van der Waals surface area contributed by atoms with Crippen LogP contribution in [0.1, 0.15) is 36.8 Å². The second-order valence-electron chi connectivity index (χ2n) is 7.52. The number of thiazole rings is 1. The monoisotopic (exact) mass is 448 g/mol. The van der Waals surface area contributed by atoms with E-state index in [1.807, 2.05) is 12.1 Å². The number of amides is 1. The first-order chi connectivity index (χ1) is 14.3. The molecule has 1 unspecified atom stereocenters. The maximum atomic E-state index is 13.1. The van der Waals surface area contributed by atoms with Gasteiger partial charge in [-0.1, -0.05) is 29.5 Å². The van der Waals surface area contributed by atoms with Gasteiger partial charge in [-0.05, 0) is 50.8 Å². The second kappa shape index (κ2) is 8.09. The zero-order valence-electron chi connectivity index (χ0n) is 17.1. The van der Waals surface area contributed by atoms with Crippen LogP contribution >= 0.6 is 11.3 Å². The smallest absolute Gasteiger partial charge is 0.248 e. The van der Waals surface area contributed by atoms with Crippen LogP contribution in [0.15, 0.2) is 27.6 Å². The number of hydrogen-bond acceptors (Lipinski definition) is 7. The SMILES string of the molecule is CCc1ccc2nc(NC(=O)C3CCCN(S(=O)(=O)c4c(C)noc4C)C3)sc2c1. The molecule has 1 N–H and O–H groups in total. The van der Waals surface area contributed by atoms with Crippen molar-refractivity contribution in [2.24, 2.45) is 5.92 Å². The quantitative estimate of drug-likeness (QED) is 0.640. The third-order valence-corrected chi connectivity index (χ3v) is 8.46. The zero-order valence-corrected chi connectivity index (χ0v) is 18.8. The summed E-state index contributed by atoms with van der Waals surface area (Å²) in [5, 5.41) is 7.17. The topological polar surface area (TPSA) is 105 Å². The third kappa shape index (κ3) is 3.86. The third-order valence-electron chi connectivity index (χ3n) is 5.41. The molecule has 4 rings (SSSR count). The number of sulfonamides is 1. The summed E-state index contributed by atoms with van der Waals surface area (Å²) in [5.74, 6) is -0.379. The Hall–Kier alpha value is -2.30. The fraction of sp³-hybridized carbons (Fsp3) is 0.450. The fourth-order valence-electron chi connectivity index (χ4n) is 3.80. The molecule has 0 radical (unpaired) electrons. The number of benzene rings is 1. The maximum Gasteiger partial charge on any atom is 0.248 e. The number of nitrogens with one attached hydrogen (secondary N) is 1. The normalized spacial score (nSPS) is 18.0. The molecule has 1 aliphatic heterocycles. The Kier molecular flexibility index (Phi) is 5.65. The largest absolute Gasteiger partial charge is 0.360 e. The highest BCUT2D eigenvalue weighted by molar-refractivity contribution is 7.89. The van der Waals surface area contributed by atoms with Gasteiger partial charge in [-0.3, -0.25) is 4.79 Å². The molecule has 1 aromatic carbocycles. The molecule has 1 amide bonds. The lowest BCUT2D eigenvalue weighted by Gasteiger charge is -2.30. The lowest BCUT2D eigenvalue weighted by Crippen LogP contribution is -2.43. The van der Waals surface area contributed by atoms with Crippen molar-refractivity contribution in [3.63, 3.8) is 0 Å². The molecule has 1 aliphatic rings. The summed E-state index contributed by atoms with van der Waals surface area (Å²) in [6, 6.07) is 6.08. The number of carbonyl (C=O) groups is 1. The molecule has 160 valence electrons. The van der Waals surface area contributed by atoms with E-state index in [2.05, 4.69) is 28.4 Å². The highest BCUT2D eigenvalue weighted by Gasteiger charge is 2.36. The van der Waals surface area contributed by atoms with Gasteiger partial charge in [0.05, 0.1) is 16.1 Å². The summed E-state index contributed by atoms with van der Waals surface area (Å²) >= 11 is 1.43. The molecule has 0 spiro atoms. The molecular weight excluding hydrogens is 424 g/mol. The van der Waals surface area contributed by atoms with E-state index in [9.17, 15) is 13.2 Å². The van der Waals surface area contributed by atoms with Crippen LogP contribution in [0.4, 0.5) is 5.13 Å². The molecular formula is C20H24N4O4S2. The second-order valence-corrected chi connectivity index (χ2v) is 10.4. The van der Waals surface area contributed by atoms with E-state index >= 15 is 0 Å². The fourth-order valence-corrected chi connectivity index (χ4v) is 6.54. The summed E-state index contributed by atoms with van der Waals surface area (Å²) in [7, 11) is -3.76. The molecule has 10 heteroatoms. The van der Waals surface area contributed by atoms with Gasteiger partial charge in [-0.25, -0.2) is 13.4 Å². The number of fused-ring (bicyclic) bond motifs is 1. The summed E-state index contributed by atoms with van der Waals surface area (Å²) in [6.07, 6.45) is 2.18. The maximum absolute atomic E-state index is 13.1. The molecule has 0 bridgehead atoms. The summed E-state index contributed by atoms with van der Waals surface area (Å²) < 4.78 is 33.6. The summed E-state index contributed by atoms with van der Waals surface area (Å²) in [5.41, 5.74) is 2.40. The standard InChI is InChI=1S/C20H24N4O4S2/c1-4-14-7-8-16-17(10-14)29-20(21-16)22-19(25)15-6-5-9-24(11-15)30(26,27)18-12(2)23-28-13(18)3/h7-8,10,15H,4-6,9,11H2,1-3H3,(H,21,22,25). The molecule has 1 fully saturated rings. The van der Waals surface area contributed by atoms with Gasteiger partial charge in [0, 0.05) is 13.1 Å². The van der Waals surface area contributed by atoms with Crippen LogP contribution in [0, 0.1) is 19.8 Å². The van der Waals surface area contributed by atoms with E-state index in [0.717, 1.165) is 16.6 Å². The van der Waals surface area contributed by atoms with Gasteiger partial charge < -0.3 is 9.84 Å². The summed E-state index contributed by atoms with van der Waals surface area (Å²) in [4.78, 5) is 17.5. The van der Waals surface area contributed by atoms with Crippen molar-refractivity contribution in [1.82, 2.24) is 14.4 Å². The molecule has 30 heavy (non-hydrogen) atoms. The Morgan fingerprint density at radius 1 is 1.37 bits per heavy atom. The van der Waals surface area contributed by atoms with Crippen LogP contribution in [0.2, 0.25) is 0 Å². The van der Waals surface area contributed by atoms with Crippen LogP contribution in [0.3, 0.4) is 0 Å². The number of piperidine rings is 1. The number of aromatic nitrogens is 2. The zero-order chi connectivity index (χ0) is 21.5. The molecule has 1 atom stereocenters. The Morgan fingerprint density at radius 2 is 2.17 bits per heavy atom. The number of nitrogens with zero attached hydrogens (tertiary/aromatic N) is 3. The van der Waals surface area contributed by atoms with Gasteiger partial charge in [-0.15, -0.1) is 0 Å². The molecule has 8 nitrogen and oxygen atoms in total. The van der Waals surface area contributed by atoms with Crippen LogP contribution in [-0.2, 0) is 21.2 Å². The highest BCUT2D eigenvalue weighted by Crippen LogP contribution is 2.30. The van der Waals surface area contributed by atoms with Crippen LogP contribution in [0.25, 0.3) is 10.2 Å². The minimum Gasteiger partial charge on any atom is -0.360 e. The van der Waals surface area contributed by atoms with E-state index in [-0.39, 0.29) is 23.1 Å². The lowest BCUT2D eigenvalue weighted by atomic mass is 9.99. The van der Waals surface area contributed by atoms with Crippen molar-refractivity contribution < 1.29 is 17.7 Å². The first-order valence-corrected chi connectivity index (χ1v) is 12.2. The van der Waals surface area contributed by atoms with E-state index in [1.54, 1.807) is 13.8 Å². The van der Waals surface area contributed by atoms with Crippen LogP contribution < -0.4 is 5.32 Å². The molecule has 0 aliphatic carbocycles. The van der Waals surface area contributed by atoms with E-state index < -0.39 is 15.9 Å². The van der Waals surface area contributed by atoms with E-state index in [4.69, 9.17) is 4.52 Å². The first-order valence-electron chi connectivity index (χ1n) is 9.93. The minimum atomic E-state index is -3.76. The number of aryl methyl sites for hydroxylation is 3. The average molecular weight is 449 g/mol. The number of carbonyl (C=O) groups excluding carboxylic acids is 1. The molecule has 3 aromatic rings. The van der Waals surface area contributed by atoms with Gasteiger partial charge in [0.25, 0.3) is 0 Å².